The number of nitrogens with zero attached hydrogens (tertiary/aromatic N) is 2. The first-order chi connectivity index (χ1) is 11.7. The highest BCUT2D eigenvalue weighted by Gasteiger charge is 2.26. The largest absolute Gasteiger partial charge is 0.384 e. The molecular weight excluding hydrogens is 327 g/mol. The van der Waals surface area contributed by atoms with Crippen molar-refractivity contribution < 1.29 is 9.18 Å². The predicted molar refractivity (Wildman–Crippen MR) is 93.1 cm³/mol. The van der Waals surface area contributed by atoms with Crippen LogP contribution >= 0.6 is 0 Å². The Morgan fingerprint density at radius 3 is 2.36 bits per heavy atom. The van der Waals surface area contributed by atoms with Crippen LogP contribution in [0.4, 0.5) is 10.2 Å². The third kappa shape index (κ3) is 3.39. The van der Waals surface area contributed by atoms with Gasteiger partial charge in [0, 0.05) is 25.7 Å². The number of ketones is 1. The number of anilines is 1. The Labute approximate surface area is 143 Å². The average molecular weight is 348 g/mol. The Morgan fingerprint density at radius 1 is 1.16 bits per heavy atom. The van der Waals surface area contributed by atoms with E-state index in [9.17, 15) is 18.8 Å². The van der Waals surface area contributed by atoms with Gasteiger partial charge in [-0.2, -0.15) is 0 Å². The van der Waals surface area contributed by atoms with Crippen molar-refractivity contribution in [3.63, 3.8) is 0 Å². The highest BCUT2D eigenvalue weighted by molar-refractivity contribution is 6.03. The molecule has 1 aromatic heterocycles. The third-order valence-corrected chi connectivity index (χ3v) is 4.22. The van der Waals surface area contributed by atoms with Crippen molar-refractivity contribution in [2.75, 3.05) is 5.73 Å². The molecule has 0 aliphatic carbocycles. The van der Waals surface area contributed by atoms with E-state index < -0.39 is 29.1 Å². The van der Waals surface area contributed by atoms with Crippen LogP contribution in [0, 0.1) is 5.82 Å². The van der Waals surface area contributed by atoms with E-state index in [0.29, 0.717) is 5.56 Å². The number of Topliss-reactive ketones (excluding diaryl/α,β-unsaturated/α-hetero) is 1. The van der Waals surface area contributed by atoms with E-state index in [2.05, 4.69) is 5.32 Å². The van der Waals surface area contributed by atoms with Gasteiger partial charge >= 0.3 is 5.69 Å². The highest BCUT2D eigenvalue weighted by atomic mass is 19.1. The minimum absolute atomic E-state index is 0.190. The zero-order chi connectivity index (χ0) is 18.9. The molecular formula is C17H21FN4O3. The molecule has 0 amide bonds. The molecule has 25 heavy (non-hydrogen) atoms. The molecule has 0 saturated carbocycles. The van der Waals surface area contributed by atoms with Gasteiger partial charge in [-0.3, -0.25) is 18.7 Å². The van der Waals surface area contributed by atoms with E-state index in [0.717, 1.165) is 9.13 Å². The van der Waals surface area contributed by atoms with Crippen molar-refractivity contribution in [1.82, 2.24) is 14.5 Å². The van der Waals surface area contributed by atoms with E-state index in [1.54, 1.807) is 32.0 Å². The Kier molecular flexibility index (Phi) is 5.22. The monoisotopic (exact) mass is 348 g/mol. The number of benzene rings is 1. The number of carbonyl (C=O) groups excluding carboxylic acids is 1. The lowest BCUT2D eigenvalue weighted by Crippen LogP contribution is -2.45. The second-order valence-electron chi connectivity index (χ2n) is 5.96. The van der Waals surface area contributed by atoms with Gasteiger partial charge in [-0.15, -0.1) is 0 Å². The Morgan fingerprint density at radius 2 is 1.76 bits per heavy atom. The Bertz CT molecular complexity index is 932. The Balaban J connectivity index is 2.34. The predicted octanol–water partition coefficient (Wildman–Crippen LogP) is 0.727. The van der Waals surface area contributed by atoms with Crippen LogP contribution in [-0.4, -0.2) is 21.0 Å². The summed E-state index contributed by atoms with van der Waals surface area (Å²) < 4.78 is 15.7. The summed E-state index contributed by atoms with van der Waals surface area (Å²) in [7, 11) is 2.66. The van der Waals surface area contributed by atoms with Gasteiger partial charge in [-0.1, -0.05) is 18.2 Å². The first-order valence-corrected chi connectivity index (χ1v) is 7.77. The number of hydrogen-bond donors (Lipinski definition) is 2. The SMILES string of the molecule is C[C@@H](N[C@H](C)c1ccccc1F)C(=O)c1c(N)n(C)c(=O)n(C)c1=O. The van der Waals surface area contributed by atoms with Gasteiger partial charge < -0.3 is 11.1 Å². The fourth-order valence-electron chi connectivity index (χ4n) is 2.67. The normalized spacial score (nSPS) is 13.5. The molecule has 0 unspecified atom stereocenters. The molecule has 0 aliphatic rings. The molecule has 0 fully saturated rings. The summed E-state index contributed by atoms with van der Waals surface area (Å²) in [6.07, 6.45) is 0. The molecule has 2 atom stereocenters. The molecule has 3 N–H and O–H groups in total. The number of aromatic nitrogens is 2. The minimum atomic E-state index is -0.804. The first-order valence-electron chi connectivity index (χ1n) is 7.77. The topological polar surface area (TPSA) is 99.1 Å². The molecule has 2 rings (SSSR count). The number of nitrogens with one attached hydrogen (secondary N) is 1. The van der Waals surface area contributed by atoms with Crippen LogP contribution in [0.15, 0.2) is 33.9 Å². The van der Waals surface area contributed by atoms with Gasteiger partial charge in [0.25, 0.3) is 5.56 Å². The summed E-state index contributed by atoms with van der Waals surface area (Å²) in [5.74, 6) is -1.14. The molecule has 7 nitrogen and oxygen atoms in total. The summed E-state index contributed by atoms with van der Waals surface area (Å²) in [5, 5.41) is 2.96. The number of nitrogens with two attached hydrogens (primary N) is 1. The molecule has 0 radical (unpaired) electrons. The molecule has 1 aromatic carbocycles. The maximum Gasteiger partial charge on any atom is 0.332 e. The smallest absolute Gasteiger partial charge is 0.332 e. The van der Waals surface area contributed by atoms with Crippen LogP contribution in [0.25, 0.3) is 0 Å². The number of rotatable bonds is 5. The number of hydrogen-bond acceptors (Lipinski definition) is 5. The molecule has 0 aliphatic heterocycles. The lowest BCUT2D eigenvalue weighted by molar-refractivity contribution is 0.0943. The summed E-state index contributed by atoms with van der Waals surface area (Å²) in [5.41, 5.74) is 4.58. The summed E-state index contributed by atoms with van der Waals surface area (Å²) in [6.45, 7) is 3.27. The zero-order valence-corrected chi connectivity index (χ0v) is 14.5. The maximum absolute atomic E-state index is 13.9. The molecule has 8 heteroatoms. The average Bonchev–Trinajstić information content (AvgIpc) is 2.58. The Hall–Kier alpha value is -2.74. The maximum atomic E-state index is 13.9. The van der Waals surface area contributed by atoms with E-state index in [-0.39, 0.29) is 17.2 Å². The van der Waals surface area contributed by atoms with Gasteiger partial charge in [0.1, 0.15) is 17.2 Å². The van der Waals surface area contributed by atoms with Crippen molar-refractivity contribution in [2.24, 2.45) is 14.1 Å². The first kappa shape index (κ1) is 18.6. The van der Waals surface area contributed by atoms with E-state index in [1.807, 2.05) is 0 Å². The molecule has 0 bridgehead atoms. The van der Waals surface area contributed by atoms with Crippen LogP contribution in [-0.2, 0) is 14.1 Å². The van der Waals surface area contributed by atoms with Crippen molar-refractivity contribution in [3.05, 3.63) is 62.0 Å². The van der Waals surface area contributed by atoms with Gasteiger partial charge in [0.05, 0.1) is 6.04 Å². The second kappa shape index (κ2) is 7.02. The highest BCUT2D eigenvalue weighted by Crippen LogP contribution is 2.17. The molecule has 0 saturated heterocycles. The lowest BCUT2D eigenvalue weighted by atomic mass is 10.0. The van der Waals surface area contributed by atoms with Crippen molar-refractivity contribution in [3.8, 4) is 0 Å². The standard InChI is InChI=1S/C17H21FN4O3/c1-9(11-7-5-6-8-12(11)18)20-10(2)14(23)13-15(19)21(3)17(25)22(4)16(13)24/h5-10,20H,19H2,1-4H3/t9-,10-/m1/s1. The van der Waals surface area contributed by atoms with Crippen LogP contribution in [0.2, 0.25) is 0 Å². The summed E-state index contributed by atoms with van der Waals surface area (Å²) in [6, 6.07) is 4.96. The zero-order valence-electron chi connectivity index (χ0n) is 14.5. The second-order valence-corrected chi connectivity index (χ2v) is 5.96. The van der Waals surface area contributed by atoms with E-state index >= 15 is 0 Å². The van der Waals surface area contributed by atoms with Crippen molar-refractivity contribution in [2.45, 2.75) is 25.9 Å². The van der Waals surface area contributed by atoms with Gasteiger partial charge in [0.15, 0.2) is 5.78 Å². The fraction of sp³-hybridized carbons (Fsp3) is 0.353. The molecule has 0 spiro atoms. The van der Waals surface area contributed by atoms with Gasteiger partial charge in [-0.05, 0) is 19.9 Å². The van der Waals surface area contributed by atoms with Crippen LogP contribution in [0.3, 0.4) is 0 Å². The van der Waals surface area contributed by atoms with Crippen molar-refractivity contribution >= 4 is 11.6 Å². The van der Waals surface area contributed by atoms with Crippen LogP contribution in [0.5, 0.6) is 0 Å². The minimum Gasteiger partial charge on any atom is -0.384 e. The third-order valence-electron chi connectivity index (χ3n) is 4.22. The van der Waals surface area contributed by atoms with Crippen LogP contribution in [0.1, 0.15) is 35.8 Å². The summed E-state index contributed by atoms with van der Waals surface area (Å²) in [4.78, 5) is 36.8. The molecule has 1 heterocycles. The van der Waals surface area contributed by atoms with Gasteiger partial charge in [-0.25, -0.2) is 9.18 Å². The van der Waals surface area contributed by atoms with Crippen LogP contribution < -0.4 is 22.3 Å². The van der Waals surface area contributed by atoms with Gasteiger partial charge in [0.2, 0.25) is 0 Å². The lowest BCUT2D eigenvalue weighted by Gasteiger charge is -2.21. The number of halogens is 1. The fourth-order valence-corrected chi connectivity index (χ4v) is 2.67. The number of nitrogen functional groups attached to an aromatic ring is 1. The number of carbonyl (C=O) groups is 1. The molecule has 2 aromatic rings. The van der Waals surface area contributed by atoms with E-state index in [4.69, 9.17) is 5.73 Å². The summed E-state index contributed by atoms with van der Waals surface area (Å²) >= 11 is 0. The van der Waals surface area contributed by atoms with E-state index in [1.165, 1.54) is 20.2 Å². The molecule has 134 valence electrons. The van der Waals surface area contributed by atoms with Crippen molar-refractivity contribution in [1.29, 1.82) is 0 Å². The quantitative estimate of drug-likeness (QED) is 0.776.